The van der Waals surface area contributed by atoms with E-state index in [1.165, 1.54) is 29.9 Å². The Labute approximate surface area is 114 Å². The Hall–Kier alpha value is 0.469. The third-order valence-electron chi connectivity index (χ3n) is 1.93. The summed E-state index contributed by atoms with van der Waals surface area (Å²) in [6.07, 6.45) is 4.30. The molecule has 0 radical (unpaired) electrons. The molecule has 1 atom stereocenters. The van der Waals surface area contributed by atoms with Crippen LogP contribution in [0.4, 0.5) is 0 Å². The summed E-state index contributed by atoms with van der Waals surface area (Å²) in [5.41, 5.74) is 0. The van der Waals surface area contributed by atoms with Crippen LogP contribution in [0, 0.1) is 0 Å². The van der Waals surface area contributed by atoms with Crippen molar-refractivity contribution in [1.29, 1.82) is 0 Å². The molecular weight excluding hydrogens is 336 g/mol. The van der Waals surface area contributed by atoms with Gasteiger partial charge in [0.25, 0.3) is 0 Å². The Morgan fingerprint density at radius 2 is 2.06 bits per heavy atom. The molecule has 0 aliphatic heterocycles. The van der Waals surface area contributed by atoms with E-state index in [1.54, 1.807) is 7.05 Å². The molecule has 0 aliphatic rings. The molecule has 0 amide bonds. The Morgan fingerprint density at radius 1 is 1.44 bits per heavy atom. The molecule has 3 nitrogen and oxygen atoms in total. The van der Waals surface area contributed by atoms with E-state index in [2.05, 4.69) is 35.2 Å². The van der Waals surface area contributed by atoms with Crippen LogP contribution in [0.25, 0.3) is 0 Å². The van der Waals surface area contributed by atoms with Crippen LogP contribution in [0.15, 0.2) is 0 Å². The molecule has 1 unspecified atom stereocenters. The minimum absolute atomic E-state index is 0.407. The molecule has 98 valence electrons. The molecular formula is C11H25NO2Se2. The van der Waals surface area contributed by atoms with Gasteiger partial charge in [-0.15, -0.1) is 0 Å². The molecule has 5 heteroatoms. The Balaban J connectivity index is 0. The van der Waals surface area contributed by atoms with Crippen molar-refractivity contribution >= 4 is 36.9 Å². The molecule has 0 bridgehead atoms. The third-order valence-corrected chi connectivity index (χ3v) is 4.76. The van der Waals surface area contributed by atoms with E-state index in [4.69, 9.17) is 5.11 Å². The van der Waals surface area contributed by atoms with Gasteiger partial charge in [-0.3, -0.25) is 0 Å². The second-order valence-corrected chi connectivity index (χ2v) is 6.96. The quantitative estimate of drug-likeness (QED) is 0.511. The van der Waals surface area contributed by atoms with Crippen LogP contribution in [-0.4, -0.2) is 55.1 Å². The van der Waals surface area contributed by atoms with E-state index >= 15 is 0 Å². The summed E-state index contributed by atoms with van der Waals surface area (Å²) in [6.45, 7) is 4.55. The first-order valence-electron chi connectivity index (χ1n) is 5.72. The van der Waals surface area contributed by atoms with Crippen LogP contribution in [0.5, 0.6) is 0 Å². The Bertz CT molecular complexity index is 147. The maximum atomic E-state index is 10.1. The Morgan fingerprint density at radius 3 is 2.31 bits per heavy atom. The van der Waals surface area contributed by atoms with Gasteiger partial charge in [0.1, 0.15) is 0 Å². The number of hydrogen-bond donors (Lipinski definition) is 2. The summed E-state index contributed by atoms with van der Waals surface area (Å²) in [5, 5.41) is 14.4. The monoisotopic (exact) mass is 363 g/mol. The van der Waals surface area contributed by atoms with Crippen LogP contribution >= 0.6 is 0 Å². The van der Waals surface area contributed by atoms with Crippen molar-refractivity contribution in [3.8, 4) is 0 Å². The number of unbranched alkanes of at least 4 members (excludes halogenated alkanes) is 2. The van der Waals surface area contributed by atoms with Gasteiger partial charge in [-0.2, -0.15) is 0 Å². The van der Waals surface area contributed by atoms with E-state index in [1.807, 2.05) is 0 Å². The van der Waals surface area contributed by atoms with Crippen LogP contribution in [-0.2, 0) is 4.79 Å². The average molecular weight is 361 g/mol. The zero-order valence-corrected chi connectivity index (χ0v) is 14.1. The van der Waals surface area contributed by atoms with Crippen molar-refractivity contribution < 1.29 is 9.90 Å². The molecule has 0 aromatic carbocycles. The van der Waals surface area contributed by atoms with E-state index in [-0.39, 0.29) is 0 Å². The predicted octanol–water partition coefficient (Wildman–Crippen LogP) is 1.72. The van der Waals surface area contributed by atoms with Gasteiger partial charge in [0.05, 0.1) is 0 Å². The van der Waals surface area contributed by atoms with Gasteiger partial charge >= 0.3 is 114 Å². The van der Waals surface area contributed by atoms with Crippen LogP contribution in [0.1, 0.15) is 33.1 Å². The number of carbonyl (C=O) groups is 1. The molecule has 16 heavy (non-hydrogen) atoms. The first kappa shape index (κ1) is 18.8. The minimum atomic E-state index is -0.798. The molecule has 0 saturated carbocycles. The number of carboxylic acids is 1. The van der Waals surface area contributed by atoms with Crippen molar-refractivity contribution in [2.24, 2.45) is 0 Å². The molecule has 0 spiro atoms. The number of aliphatic carboxylic acids is 1. The molecule has 0 heterocycles. The van der Waals surface area contributed by atoms with Crippen molar-refractivity contribution in [3.63, 3.8) is 0 Å². The average Bonchev–Trinajstić information content (AvgIpc) is 2.27. The fourth-order valence-corrected chi connectivity index (χ4v) is 3.06. The number of carboxylic acid groups (broad SMARTS) is 1. The van der Waals surface area contributed by atoms with E-state index < -0.39 is 12.0 Å². The molecule has 0 fully saturated rings. The zero-order chi connectivity index (χ0) is 12.8. The van der Waals surface area contributed by atoms with Crippen molar-refractivity contribution in [2.45, 2.75) is 55.1 Å². The fraction of sp³-hybridized carbons (Fsp3) is 0.909. The summed E-state index contributed by atoms with van der Waals surface area (Å²) in [6, 6.07) is -0.407. The summed E-state index contributed by atoms with van der Waals surface area (Å²) in [7, 11) is 1.63. The van der Waals surface area contributed by atoms with Gasteiger partial charge in [0, 0.05) is 0 Å². The standard InChI is InChI=1S/C7H16Se.C4H9NO2Se/c1-3-5-6-7-8-4-2;1-5-3(2-8)4(6)7/h3-7H2,1-2H3;3,5,8H,2H2,1H3,(H,6,7). The maximum absolute atomic E-state index is 10.1. The Kier molecular flexibility index (Phi) is 18.2. The number of rotatable bonds is 8. The molecule has 0 aliphatic carbocycles. The van der Waals surface area contributed by atoms with Gasteiger partial charge in [0.15, 0.2) is 0 Å². The summed E-state index contributed by atoms with van der Waals surface area (Å²) in [5.74, 6) is -0.798. The third kappa shape index (κ3) is 14.5. The van der Waals surface area contributed by atoms with Gasteiger partial charge in [0.2, 0.25) is 0 Å². The fourth-order valence-electron chi connectivity index (χ4n) is 0.891. The van der Waals surface area contributed by atoms with Crippen molar-refractivity contribution in [3.05, 3.63) is 0 Å². The number of nitrogens with one attached hydrogen (secondary N) is 1. The van der Waals surface area contributed by atoms with Crippen molar-refractivity contribution in [1.82, 2.24) is 5.32 Å². The first-order valence-corrected chi connectivity index (χ1v) is 9.47. The molecule has 2 N–H and O–H groups in total. The van der Waals surface area contributed by atoms with Gasteiger partial charge in [-0.1, -0.05) is 0 Å². The predicted molar refractivity (Wildman–Crippen MR) is 73.0 cm³/mol. The van der Waals surface area contributed by atoms with E-state index in [9.17, 15) is 4.79 Å². The number of likely N-dealkylation sites (N-methyl/N-ethyl adjacent to an activating group) is 1. The SMILES string of the molecule is CCCCC[Se]CC.CNC(C[SeH])C(=O)O. The summed E-state index contributed by atoms with van der Waals surface area (Å²) >= 11 is 3.20. The first-order chi connectivity index (χ1) is 7.63. The zero-order valence-electron chi connectivity index (χ0n) is 10.5. The van der Waals surface area contributed by atoms with Crippen LogP contribution in [0.3, 0.4) is 0 Å². The molecule has 0 saturated heterocycles. The molecule has 0 aromatic heterocycles. The van der Waals surface area contributed by atoms with Gasteiger partial charge in [-0.05, 0) is 0 Å². The summed E-state index contributed by atoms with van der Waals surface area (Å²) < 4.78 is 0. The summed E-state index contributed by atoms with van der Waals surface area (Å²) in [4.78, 5) is 10.1. The topological polar surface area (TPSA) is 49.3 Å². The van der Waals surface area contributed by atoms with E-state index in [0.29, 0.717) is 5.32 Å². The normalized spacial score (nSPS) is 11.5. The number of hydrogen-bond acceptors (Lipinski definition) is 2. The van der Waals surface area contributed by atoms with Crippen LogP contribution < -0.4 is 5.32 Å². The molecule has 0 aromatic rings. The van der Waals surface area contributed by atoms with E-state index in [0.717, 1.165) is 15.0 Å². The van der Waals surface area contributed by atoms with Gasteiger partial charge in [-0.25, -0.2) is 0 Å². The van der Waals surface area contributed by atoms with Crippen molar-refractivity contribution in [2.75, 3.05) is 7.05 Å². The second-order valence-electron chi connectivity index (χ2n) is 3.27. The van der Waals surface area contributed by atoms with Crippen LogP contribution in [0.2, 0.25) is 16.0 Å². The molecule has 0 rings (SSSR count). The van der Waals surface area contributed by atoms with Gasteiger partial charge < -0.3 is 0 Å². The second kappa shape index (κ2) is 15.5.